The van der Waals surface area contributed by atoms with Crippen LogP contribution in [-0.4, -0.2) is 41.9 Å². The van der Waals surface area contributed by atoms with E-state index in [0.717, 1.165) is 18.4 Å². The Hall–Kier alpha value is -1.85. The molecule has 1 aromatic heterocycles. The molecule has 5 heteroatoms. The molecule has 0 bridgehead atoms. The van der Waals surface area contributed by atoms with Gasteiger partial charge in [-0.05, 0) is 37.3 Å². The summed E-state index contributed by atoms with van der Waals surface area (Å²) in [4.78, 5) is 15.6. The Kier molecular flexibility index (Phi) is 4.98. The number of ether oxygens (including phenoxy) is 1. The van der Waals surface area contributed by atoms with Gasteiger partial charge in [-0.2, -0.15) is 0 Å². The number of carbonyl (C=O) groups is 1. The second-order valence-electron chi connectivity index (χ2n) is 6.25. The average molecular weight is 316 g/mol. The second-order valence-corrected chi connectivity index (χ2v) is 6.25. The molecule has 3 N–H and O–H groups in total. The Bertz CT molecular complexity index is 667. The van der Waals surface area contributed by atoms with Crippen LogP contribution in [0.3, 0.4) is 0 Å². The molecule has 0 unspecified atom stereocenters. The van der Waals surface area contributed by atoms with Crippen molar-refractivity contribution in [3.05, 3.63) is 36.0 Å². The molecule has 124 valence electrons. The van der Waals surface area contributed by atoms with Crippen LogP contribution in [0.2, 0.25) is 0 Å². The summed E-state index contributed by atoms with van der Waals surface area (Å²) in [5, 5.41) is 14.0. The average Bonchev–Trinajstić information content (AvgIpc) is 2.98. The van der Waals surface area contributed by atoms with Gasteiger partial charge in [0, 0.05) is 36.7 Å². The number of amides is 1. The first-order valence-corrected chi connectivity index (χ1v) is 8.22. The number of methoxy groups -OCH3 is 1. The topological polar surface area (TPSA) is 74.3 Å². The van der Waals surface area contributed by atoms with Crippen LogP contribution in [0.4, 0.5) is 0 Å². The van der Waals surface area contributed by atoms with E-state index in [9.17, 15) is 9.90 Å². The monoisotopic (exact) mass is 316 g/mol. The molecule has 0 saturated heterocycles. The predicted molar refractivity (Wildman–Crippen MR) is 89.2 cm³/mol. The molecule has 3 atom stereocenters. The first-order chi connectivity index (χ1) is 11.2. The Labute approximate surface area is 136 Å². The SMILES string of the molecule is CO[C@@H]1C[C@H](C(=O)NCCc2c[nH]c3ccccc23)CC[C@@H]1O. The largest absolute Gasteiger partial charge is 0.390 e. The third kappa shape index (κ3) is 3.57. The van der Waals surface area contributed by atoms with Crippen LogP contribution in [-0.2, 0) is 16.0 Å². The zero-order chi connectivity index (χ0) is 16.2. The fraction of sp³-hybridized carbons (Fsp3) is 0.500. The molecule has 5 nitrogen and oxygen atoms in total. The normalized spacial score (nSPS) is 24.7. The molecule has 3 rings (SSSR count). The number of aromatic amines is 1. The minimum absolute atomic E-state index is 0.0636. The smallest absolute Gasteiger partial charge is 0.223 e. The highest BCUT2D eigenvalue weighted by molar-refractivity contribution is 5.83. The predicted octanol–water partition coefficient (Wildman–Crippen LogP) is 2.00. The molecule has 1 aromatic carbocycles. The third-order valence-electron chi connectivity index (χ3n) is 4.80. The van der Waals surface area contributed by atoms with Crippen molar-refractivity contribution >= 4 is 16.8 Å². The molecule has 1 aliphatic carbocycles. The molecule has 1 amide bonds. The lowest BCUT2D eigenvalue weighted by atomic mass is 9.84. The lowest BCUT2D eigenvalue weighted by molar-refractivity contribution is -0.130. The Morgan fingerprint density at radius 1 is 1.39 bits per heavy atom. The summed E-state index contributed by atoms with van der Waals surface area (Å²) >= 11 is 0. The number of fused-ring (bicyclic) bond motifs is 1. The summed E-state index contributed by atoms with van der Waals surface area (Å²) in [6, 6.07) is 8.18. The number of aliphatic hydroxyl groups excluding tert-OH is 1. The van der Waals surface area contributed by atoms with Crippen LogP contribution < -0.4 is 5.32 Å². The van der Waals surface area contributed by atoms with Crippen LogP contribution in [0.1, 0.15) is 24.8 Å². The van der Waals surface area contributed by atoms with Crippen LogP contribution in [0.25, 0.3) is 10.9 Å². The second kappa shape index (κ2) is 7.15. The van der Waals surface area contributed by atoms with E-state index in [0.29, 0.717) is 19.4 Å². The van der Waals surface area contributed by atoms with Gasteiger partial charge in [-0.1, -0.05) is 18.2 Å². The van der Waals surface area contributed by atoms with Gasteiger partial charge in [0.2, 0.25) is 5.91 Å². The highest BCUT2D eigenvalue weighted by atomic mass is 16.5. The van der Waals surface area contributed by atoms with E-state index in [1.54, 1.807) is 7.11 Å². The first-order valence-electron chi connectivity index (χ1n) is 8.22. The van der Waals surface area contributed by atoms with Crippen molar-refractivity contribution in [2.24, 2.45) is 5.92 Å². The van der Waals surface area contributed by atoms with Crippen molar-refractivity contribution in [2.75, 3.05) is 13.7 Å². The summed E-state index contributed by atoms with van der Waals surface area (Å²) in [7, 11) is 1.59. The van der Waals surface area contributed by atoms with Crippen molar-refractivity contribution < 1.29 is 14.6 Å². The number of para-hydroxylation sites is 1. The molecule has 1 saturated carbocycles. The van der Waals surface area contributed by atoms with E-state index in [1.807, 2.05) is 18.3 Å². The summed E-state index contributed by atoms with van der Waals surface area (Å²) < 4.78 is 5.26. The van der Waals surface area contributed by atoms with Crippen molar-refractivity contribution in [1.82, 2.24) is 10.3 Å². The number of aromatic nitrogens is 1. The van der Waals surface area contributed by atoms with Crippen molar-refractivity contribution in [1.29, 1.82) is 0 Å². The molecule has 0 spiro atoms. The van der Waals surface area contributed by atoms with Gasteiger partial charge in [-0.15, -0.1) is 0 Å². The van der Waals surface area contributed by atoms with Gasteiger partial charge in [0.25, 0.3) is 0 Å². The van der Waals surface area contributed by atoms with Gasteiger partial charge in [0.05, 0.1) is 12.2 Å². The van der Waals surface area contributed by atoms with Gasteiger partial charge in [-0.25, -0.2) is 0 Å². The minimum Gasteiger partial charge on any atom is -0.390 e. The molecule has 1 fully saturated rings. The van der Waals surface area contributed by atoms with Crippen molar-refractivity contribution in [2.45, 2.75) is 37.9 Å². The molecule has 1 heterocycles. The van der Waals surface area contributed by atoms with E-state index in [4.69, 9.17) is 4.74 Å². The Morgan fingerprint density at radius 2 is 2.22 bits per heavy atom. The molecule has 1 aliphatic rings. The number of benzene rings is 1. The Morgan fingerprint density at radius 3 is 3.04 bits per heavy atom. The summed E-state index contributed by atoms with van der Waals surface area (Å²) in [5.74, 6) is 0.00473. The van der Waals surface area contributed by atoms with Gasteiger partial charge in [0.15, 0.2) is 0 Å². The number of hydrogen-bond donors (Lipinski definition) is 3. The van der Waals surface area contributed by atoms with E-state index in [-0.39, 0.29) is 17.9 Å². The van der Waals surface area contributed by atoms with Crippen molar-refractivity contribution in [3.63, 3.8) is 0 Å². The van der Waals surface area contributed by atoms with Crippen LogP contribution in [0.5, 0.6) is 0 Å². The molecule has 0 aliphatic heterocycles. The van der Waals surface area contributed by atoms with E-state index < -0.39 is 6.10 Å². The van der Waals surface area contributed by atoms with Gasteiger partial charge in [-0.3, -0.25) is 4.79 Å². The highest BCUT2D eigenvalue weighted by Crippen LogP contribution is 2.26. The standard InChI is InChI=1S/C18H24N2O3/c1-23-17-10-12(6-7-16(17)21)18(22)19-9-8-13-11-20-15-5-3-2-4-14(13)15/h2-5,11-12,16-17,20-21H,6-10H2,1H3,(H,19,22)/t12-,16+,17-/m1/s1. The molecular weight excluding hydrogens is 292 g/mol. The summed E-state index contributed by atoms with van der Waals surface area (Å²) in [5.41, 5.74) is 2.34. The maximum atomic E-state index is 12.3. The minimum atomic E-state index is -0.449. The van der Waals surface area contributed by atoms with Gasteiger partial charge >= 0.3 is 0 Å². The van der Waals surface area contributed by atoms with Gasteiger partial charge < -0.3 is 20.1 Å². The molecular formula is C18H24N2O3. The van der Waals surface area contributed by atoms with E-state index >= 15 is 0 Å². The molecule has 0 radical (unpaired) electrons. The van der Waals surface area contributed by atoms with E-state index in [1.165, 1.54) is 10.9 Å². The highest BCUT2D eigenvalue weighted by Gasteiger charge is 2.32. The molecule has 2 aromatic rings. The lowest BCUT2D eigenvalue weighted by Gasteiger charge is -2.31. The number of H-pyrrole nitrogens is 1. The fourth-order valence-corrected chi connectivity index (χ4v) is 3.41. The molecule has 23 heavy (non-hydrogen) atoms. The van der Waals surface area contributed by atoms with Crippen LogP contribution >= 0.6 is 0 Å². The number of hydrogen-bond acceptors (Lipinski definition) is 3. The number of nitrogens with one attached hydrogen (secondary N) is 2. The van der Waals surface area contributed by atoms with E-state index in [2.05, 4.69) is 22.4 Å². The maximum absolute atomic E-state index is 12.3. The third-order valence-corrected chi connectivity index (χ3v) is 4.80. The lowest BCUT2D eigenvalue weighted by Crippen LogP contribution is -2.41. The number of rotatable bonds is 5. The van der Waals surface area contributed by atoms with Crippen LogP contribution in [0, 0.1) is 5.92 Å². The zero-order valence-corrected chi connectivity index (χ0v) is 13.4. The van der Waals surface area contributed by atoms with Crippen LogP contribution in [0.15, 0.2) is 30.5 Å². The summed E-state index contributed by atoms with van der Waals surface area (Å²) in [6.45, 7) is 0.622. The number of aliphatic hydroxyl groups is 1. The van der Waals surface area contributed by atoms with Gasteiger partial charge in [0.1, 0.15) is 0 Å². The first kappa shape index (κ1) is 16.0. The van der Waals surface area contributed by atoms with Crippen molar-refractivity contribution in [3.8, 4) is 0 Å². The quantitative estimate of drug-likeness (QED) is 0.790. The number of carbonyl (C=O) groups excluding carboxylic acids is 1. The summed E-state index contributed by atoms with van der Waals surface area (Å²) in [6.07, 6.45) is 4.08. The fourth-order valence-electron chi connectivity index (χ4n) is 3.41. The maximum Gasteiger partial charge on any atom is 0.223 e. The Balaban J connectivity index is 1.51. The zero-order valence-electron chi connectivity index (χ0n) is 13.4.